The molecule has 0 amide bonds. The Morgan fingerprint density at radius 2 is 2.38 bits per heavy atom. The predicted octanol–water partition coefficient (Wildman–Crippen LogP) is 2.01. The van der Waals surface area contributed by atoms with Crippen LogP contribution in [0.2, 0.25) is 0 Å². The molecule has 3 heterocycles. The Kier molecular flexibility index (Phi) is 3.92. The molecule has 1 unspecified atom stereocenters. The van der Waals surface area contributed by atoms with E-state index in [-0.39, 0.29) is 5.97 Å². The summed E-state index contributed by atoms with van der Waals surface area (Å²) in [5.41, 5.74) is 1.51. The molecule has 1 saturated heterocycles. The minimum Gasteiger partial charge on any atom is -0.465 e. The lowest BCUT2D eigenvalue weighted by molar-refractivity contribution is 0.0600. The molecule has 0 N–H and O–H groups in total. The number of carbonyl (C=O) groups excluding carboxylic acids is 1. The fourth-order valence-electron chi connectivity index (χ4n) is 3.15. The lowest BCUT2D eigenvalue weighted by atomic mass is 9.95. The number of piperidine rings is 1. The van der Waals surface area contributed by atoms with Gasteiger partial charge in [0.2, 0.25) is 0 Å². The summed E-state index contributed by atoms with van der Waals surface area (Å²) in [7, 11) is 3.58. The van der Waals surface area contributed by atoms with Crippen LogP contribution in [0.3, 0.4) is 0 Å². The first-order chi connectivity index (χ1) is 10.2. The maximum absolute atomic E-state index is 11.6. The van der Waals surface area contributed by atoms with Crippen molar-refractivity contribution in [3.63, 3.8) is 0 Å². The van der Waals surface area contributed by atoms with Crippen LogP contribution in [0.15, 0.2) is 24.5 Å². The molecule has 0 radical (unpaired) electrons. The Morgan fingerprint density at radius 3 is 3.14 bits per heavy atom. The maximum Gasteiger partial charge on any atom is 0.337 e. The molecule has 0 saturated carbocycles. The molecule has 2 aromatic heterocycles. The topological polar surface area (TPSA) is 46.8 Å². The van der Waals surface area contributed by atoms with Gasteiger partial charge in [-0.05, 0) is 44.5 Å². The van der Waals surface area contributed by atoms with Crippen molar-refractivity contribution >= 4 is 11.5 Å². The van der Waals surface area contributed by atoms with Crippen LogP contribution < -0.4 is 0 Å². The highest BCUT2D eigenvalue weighted by molar-refractivity contribution is 5.90. The van der Waals surface area contributed by atoms with Gasteiger partial charge in [-0.25, -0.2) is 9.78 Å². The number of fused-ring (bicyclic) bond motifs is 1. The molecule has 5 nitrogen and oxygen atoms in total. The minimum absolute atomic E-state index is 0.311. The van der Waals surface area contributed by atoms with Crippen molar-refractivity contribution in [1.82, 2.24) is 14.3 Å². The third-order valence-corrected chi connectivity index (χ3v) is 4.22. The van der Waals surface area contributed by atoms with Gasteiger partial charge in [-0.3, -0.25) is 0 Å². The lowest BCUT2D eigenvalue weighted by Crippen LogP contribution is -2.33. The largest absolute Gasteiger partial charge is 0.465 e. The highest BCUT2D eigenvalue weighted by Gasteiger charge is 2.19. The van der Waals surface area contributed by atoms with Gasteiger partial charge in [-0.1, -0.05) is 0 Å². The summed E-state index contributed by atoms with van der Waals surface area (Å²) in [6.45, 7) is 2.33. The van der Waals surface area contributed by atoms with Crippen LogP contribution in [0.5, 0.6) is 0 Å². The highest BCUT2D eigenvalue weighted by atomic mass is 16.5. The van der Waals surface area contributed by atoms with Gasteiger partial charge in [0.25, 0.3) is 0 Å². The van der Waals surface area contributed by atoms with Crippen LogP contribution in [0.1, 0.15) is 29.0 Å². The van der Waals surface area contributed by atoms with Gasteiger partial charge >= 0.3 is 5.97 Å². The van der Waals surface area contributed by atoms with E-state index in [2.05, 4.69) is 21.3 Å². The average Bonchev–Trinajstić information content (AvgIpc) is 2.89. The van der Waals surface area contributed by atoms with E-state index in [1.165, 1.54) is 26.5 Å². The number of nitrogens with zero attached hydrogens (tertiary/aromatic N) is 3. The summed E-state index contributed by atoms with van der Waals surface area (Å²) in [5.74, 6) is 1.42. The number of aromatic nitrogens is 2. The summed E-state index contributed by atoms with van der Waals surface area (Å²) in [6, 6.07) is 3.62. The van der Waals surface area contributed by atoms with Crippen LogP contribution in [0, 0.1) is 5.92 Å². The molecule has 1 aliphatic rings. The number of ether oxygens (including phenoxy) is 1. The first-order valence-corrected chi connectivity index (χ1v) is 7.40. The Labute approximate surface area is 124 Å². The molecular weight excluding hydrogens is 266 g/mol. The quantitative estimate of drug-likeness (QED) is 0.810. The van der Waals surface area contributed by atoms with Crippen LogP contribution in [-0.4, -0.2) is 47.5 Å². The second kappa shape index (κ2) is 5.85. The number of pyridine rings is 1. The normalized spacial score (nSPS) is 19.8. The van der Waals surface area contributed by atoms with E-state index in [1.54, 1.807) is 6.07 Å². The van der Waals surface area contributed by atoms with Crippen molar-refractivity contribution in [2.45, 2.75) is 19.3 Å². The van der Waals surface area contributed by atoms with E-state index < -0.39 is 0 Å². The van der Waals surface area contributed by atoms with Gasteiger partial charge in [0.05, 0.1) is 24.4 Å². The standard InChI is InChI=1S/C16H21N3O2/c1-18-6-3-4-12(11-18)8-15-17-10-14-9-13(16(20)21-2)5-7-19(14)15/h5,7,9-10,12H,3-4,6,8,11H2,1-2H3. The van der Waals surface area contributed by atoms with Gasteiger partial charge in [-0.15, -0.1) is 0 Å². The molecular formula is C16H21N3O2. The summed E-state index contributed by atoms with van der Waals surface area (Å²) in [5, 5.41) is 0. The molecule has 0 aromatic carbocycles. The monoisotopic (exact) mass is 287 g/mol. The first kappa shape index (κ1) is 14.1. The fraction of sp³-hybridized carbons (Fsp3) is 0.500. The average molecular weight is 287 g/mol. The molecule has 5 heteroatoms. The van der Waals surface area contributed by atoms with Crippen LogP contribution in [0.4, 0.5) is 0 Å². The summed E-state index contributed by atoms with van der Waals surface area (Å²) in [6.07, 6.45) is 7.25. The summed E-state index contributed by atoms with van der Waals surface area (Å²) >= 11 is 0. The highest BCUT2D eigenvalue weighted by Crippen LogP contribution is 2.20. The Bertz CT molecular complexity index is 650. The van der Waals surface area contributed by atoms with Crippen molar-refractivity contribution in [3.8, 4) is 0 Å². The molecule has 21 heavy (non-hydrogen) atoms. The first-order valence-electron chi connectivity index (χ1n) is 7.40. The van der Waals surface area contributed by atoms with Crippen LogP contribution in [-0.2, 0) is 11.2 Å². The predicted molar refractivity (Wildman–Crippen MR) is 80.5 cm³/mol. The smallest absolute Gasteiger partial charge is 0.337 e. The van der Waals surface area contributed by atoms with Crippen molar-refractivity contribution in [3.05, 3.63) is 35.9 Å². The number of hydrogen-bond donors (Lipinski definition) is 0. The lowest BCUT2D eigenvalue weighted by Gasteiger charge is -2.29. The van der Waals surface area contributed by atoms with Crippen LogP contribution >= 0.6 is 0 Å². The Morgan fingerprint density at radius 1 is 1.52 bits per heavy atom. The number of esters is 1. The number of rotatable bonds is 3. The zero-order valence-electron chi connectivity index (χ0n) is 12.6. The number of hydrogen-bond acceptors (Lipinski definition) is 4. The molecule has 1 fully saturated rings. The van der Waals surface area contributed by atoms with Crippen LogP contribution in [0.25, 0.3) is 5.52 Å². The third kappa shape index (κ3) is 2.93. The van der Waals surface area contributed by atoms with Crippen molar-refractivity contribution in [2.75, 3.05) is 27.2 Å². The maximum atomic E-state index is 11.6. The van der Waals surface area contributed by atoms with Crippen molar-refractivity contribution < 1.29 is 9.53 Å². The molecule has 1 aliphatic heterocycles. The molecule has 3 rings (SSSR count). The zero-order chi connectivity index (χ0) is 14.8. The van der Waals surface area contributed by atoms with E-state index in [1.807, 2.05) is 18.5 Å². The van der Waals surface area contributed by atoms with Crippen molar-refractivity contribution in [2.24, 2.45) is 5.92 Å². The molecule has 1 atom stereocenters. The minimum atomic E-state index is -0.311. The van der Waals surface area contributed by atoms with E-state index in [0.29, 0.717) is 11.5 Å². The summed E-state index contributed by atoms with van der Waals surface area (Å²) < 4.78 is 6.82. The van der Waals surface area contributed by atoms with E-state index in [0.717, 1.165) is 24.3 Å². The molecule has 0 spiro atoms. The molecule has 2 aromatic rings. The fourth-order valence-corrected chi connectivity index (χ4v) is 3.15. The zero-order valence-corrected chi connectivity index (χ0v) is 12.6. The van der Waals surface area contributed by atoms with Gasteiger partial charge in [0.15, 0.2) is 0 Å². The second-order valence-corrected chi connectivity index (χ2v) is 5.85. The molecule has 112 valence electrons. The van der Waals surface area contributed by atoms with Gasteiger partial charge in [0.1, 0.15) is 5.82 Å². The van der Waals surface area contributed by atoms with E-state index >= 15 is 0 Å². The van der Waals surface area contributed by atoms with Gasteiger partial charge < -0.3 is 14.0 Å². The number of likely N-dealkylation sites (tertiary alicyclic amines) is 1. The van der Waals surface area contributed by atoms with E-state index in [9.17, 15) is 4.79 Å². The SMILES string of the molecule is COC(=O)c1ccn2c(CC3CCCN(C)C3)ncc2c1. The molecule has 0 bridgehead atoms. The van der Waals surface area contributed by atoms with Crippen molar-refractivity contribution in [1.29, 1.82) is 0 Å². The third-order valence-electron chi connectivity index (χ3n) is 4.22. The van der Waals surface area contributed by atoms with Gasteiger partial charge in [-0.2, -0.15) is 0 Å². The number of imidazole rings is 1. The second-order valence-electron chi connectivity index (χ2n) is 5.85. The molecule has 0 aliphatic carbocycles. The summed E-state index contributed by atoms with van der Waals surface area (Å²) in [4.78, 5) is 18.5. The number of methoxy groups -OCH3 is 1. The Balaban J connectivity index is 1.82. The van der Waals surface area contributed by atoms with Gasteiger partial charge in [0, 0.05) is 19.2 Å². The number of carbonyl (C=O) groups is 1. The van der Waals surface area contributed by atoms with E-state index in [4.69, 9.17) is 4.74 Å². The Hall–Kier alpha value is -1.88.